The van der Waals surface area contributed by atoms with Crippen molar-refractivity contribution < 1.29 is 0 Å². The lowest BCUT2D eigenvalue weighted by molar-refractivity contribution is 1.03. The zero-order valence-corrected chi connectivity index (χ0v) is 14.6. The van der Waals surface area contributed by atoms with Gasteiger partial charge >= 0.3 is 0 Å². The van der Waals surface area contributed by atoms with Crippen molar-refractivity contribution >= 4 is 23.4 Å². The summed E-state index contributed by atoms with van der Waals surface area (Å²) in [5.41, 5.74) is 2.58. The number of aromatic amines is 1. The van der Waals surface area contributed by atoms with E-state index in [1.54, 1.807) is 12.4 Å². The molecule has 0 atom stereocenters. The van der Waals surface area contributed by atoms with Crippen LogP contribution in [0.4, 0.5) is 11.8 Å². The van der Waals surface area contributed by atoms with E-state index < -0.39 is 0 Å². The summed E-state index contributed by atoms with van der Waals surface area (Å²) >= 11 is 6.11. The molecule has 0 saturated carbocycles. The molecule has 128 valence electrons. The topological polar surface area (TPSA) is 92.3 Å². The summed E-state index contributed by atoms with van der Waals surface area (Å²) in [6.07, 6.45) is 3.39. The molecule has 8 heteroatoms. The molecule has 0 amide bonds. The van der Waals surface area contributed by atoms with Crippen molar-refractivity contribution in [2.45, 2.75) is 6.92 Å². The molecule has 0 unspecified atom stereocenters. The first-order valence-electron chi connectivity index (χ1n) is 7.89. The summed E-state index contributed by atoms with van der Waals surface area (Å²) in [5, 5.41) is 10.8. The molecule has 0 saturated heterocycles. The lowest BCUT2D eigenvalue weighted by atomic mass is 10.2. The van der Waals surface area contributed by atoms with Gasteiger partial charge in [0, 0.05) is 40.3 Å². The molecule has 0 spiro atoms. The molecule has 3 heterocycles. The van der Waals surface area contributed by atoms with Crippen LogP contribution in [-0.2, 0) is 0 Å². The van der Waals surface area contributed by atoms with Gasteiger partial charge in [-0.15, -0.1) is 0 Å². The first-order chi connectivity index (χ1) is 12.7. The Labute approximate surface area is 154 Å². The molecular weight excluding hydrogens is 350 g/mol. The van der Waals surface area contributed by atoms with E-state index in [0.29, 0.717) is 28.4 Å². The summed E-state index contributed by atoms with van der Waals surface area (Å²) in [6.45, 7) is 1.92. The average Bonchev–Trinajstić information content (AvgIpc) is 3.07. The minimum Gasteiger partial charge on any atom is -0.307 e. The Kier molecular flexibility index (Phi) is 4.28. The maximum atomic E-state index is 6.11. The van der Waals surface area contributed by atoms with Crippen LogP contribution in [0.1, 0.15) is 5.69 Å². The number of nitrogens with one attached hydrogen (secondary N) is 2. The first kappa shape index (κ1) is 16.2. The maximum absolute atomic E-state index is 6.11. The second kappa shape index (κ2) is 6.89. The van der Waals surface area contributed by atoms with Crippen molar-refractivity contribution in [3.8, 4) is 22.8 Å². The number of H-pyrrole nitrogens is 1. The quantitative estimate of drug-likeness (QED) is 0.568. The molecule has 0 fully saturated rings. The summed E-state index contributed by atoms with van der Waals surface area (Å²) in [7, 11) is 0. The standard InChI is InChI=1S/C18H14ClN7/c1-11-9-15(26-25-11)21-18-23-16(12-5-7-20-8-6-12)22-17(24-18)13-3-2-4-14(19)10-13/h2-10H,1H3,(H2,21,22,23,24,25,26). The van der Waals surface area contributed by atoms with Gasteiger partial charge in [0.15, 0.2) is 17.5 Å². The summed E-state index contributed by atoms with van der Waals surface area (Å²) in [6, 6.07) is 12.9. The number of aromatic nitrogens is 6. The molecule has 3 aromatic heterocycles. The first-order valence-corrected chi connectivity index (χ1v) is 8.26. The molecule has 0 aliphatic rings. The summed E-state index contributed by atoms with van der Waals surface area (Å²) in [5.74, 6) is 2.08. The normalized spacial score (nSPS) is 10.7. The molecule has 0 aliphatic heterocycles. The number of anilines is 2. The fraction of sp³-hybridized carbons (Fsp3) is 0.0556. The predicted octanol–water partition coefficient (Wildman–Crippen LogP) is 4.03. The van der Waals surface area contributed by atoms with Crippen LogP contribution in [0.25, 0.3) is 22.8 Å². The van der Waals surface area contributed by atoms with E-state index in [4.69, 9.17) is 11.6 Å². The zero-order valence-electron chi connectivity index (χ0n) is 13.8. The van der Waals surface area contributed by atoms with Gasteiger partial charge in [0.25, 0.3) is 0 Å². The number of pyridine rings is 1. The van der Waals surface area contributed by atoms with Crippen LogP contribution in [0, 0.1) is 6.92 Å². The number of hydrogen-bond donors (Lipinski definition) is 2. The minimum absolute atomic E-state index is 0.397. The number of halogens is 1. The van der Waals surface area contributed by atoms with Gasteiger partial charge in [-0.2, -0.15) is 15.1 Å². The fourth-order valence-electron chi connectivity index (χ4n) is 2.42. The fourth-order valence-corrected chi connectivity index (χ4v) is 2.61. The molecule has 2 N–H and O–H groups in total. The molecule has 0 bridgehead atoms. The monoisotopic (exact) mass is 363 g/mol. The SMILES string of the molecule is Cc1cc(Nc2nc(-c3ccncc3)nc(-c3cccc(Cl)c3)n2)n[nH]1. The second-order valence-electron chi connectivity index (χ2n) is 5.61. The Morgan fingerprint density at radius 3 is 2.38 bits per heavy atom. The predicted molar refractivity (Wildman–Crippen MR) is 100 cm³/mol. The van der Waals surface area contributed by atoms with Gasteiger partial charge in [-0.1, -0.05) is 23.7 Å². The van der Waals surface area contributed by atoms with Gasteiger partial charge in [-0.3, -0.25) is 10.1 Å². The van der Waals surface area contributed by atoms with Crippen LogP contribution in [0.15, 0.2) is 54.9 Å². The van der Waals surface area contributed by atoms with E-state index in [9.17, 15) is 0 Å². The molecule has 1 aromatic carbocycles. The van der Waals surface area contributed by atoms with Gasteiger partial charge in [-0.25, -0.2) is 4.98 Å². The van der Waals surface area contributed by atoms with Gasteiger partial charge in [-0.05, 0) is 31.2 Å². The zero-order chi connectivity index (χ0) is 17.9. The van der Waals surface area contributed by atoms with Gasteiger partial charge < -0.3 is 5.32 Å². The molecule has 0 aliphatic carbocycles. The largest absolute Gasteiger partial charge is 0.307 e. The Bertz CT molecular complexity index is 1050. The molecule has 26 heavy (non-hydrogen) atoms. The minimum atomic E-state index is 0.397. The Balaban J connectivity index is 1.81. The van der Waals surface area contributed by atoms with Crippen LogP contribution in [0.5, 0.6) is 0 Å². The lowest BCUT2D eigenvalue weighted by Gasteiger charge is -2.08. The van der Waals surface area contributed by atoms with Crippen LogP contribution < -0.4 is 5.32 Å². The third kappa shape index (κ3) is 3.52. The van der Waals surface area contributed by atoms with Crippen LogP contribution in [0.2, 0.25) is 5.02 Å². The van der Waals surface area contributed by atoms with Gasteiger partial charge in [0.2, 0.25) is 5.95 Å². The van der Waals surface area contributed by atoms with E-state index in [2.05, 4.69) is 35.5 Å². The van der Waals surface area contributed by atoms with Crippen LogP contribution >= 0.6 is 11.6 Å². The number of nitrogens with zero attached hydrogens (tertiary/aromatic N) is 5. The summed E-state index contributed by atoms with van der Waals surface area (Å²) in [4.78, 5) is 17.6. The summed E-state index contributed by atoms with van der Waals surface area (Å²) < 4.78 is 0. The Morgan fingerprint density at radius 1 is 0.923 bits per heavy atom. The van der Waals surface area contributed by atoms with Crippen molar-refractivity contribution in [1.82, 2.24) is 30.1 Å². The highest BCUT2D eigenvalue weighted by molar-refractivity contribution is 6.30. The van der Waals surface area contributed by atoms with Crippen molar-refractivity contribution in [3.05, 3.63) is 65.6 Å². The molecular formula is C18H14ClN7. The average molecular weight is 364 g/mol. The second-order valence-corrected chi connectivity index (χ2v) is 6.05. The van der Waals surface area contributed by atoms with E-state index >= 15 is 0 Å². The van der Waals surface area contributed by atoms with Crippen molar-refractivity contribution in [3.63, 3.8) is 0 Å². The van der Waals surface area contributed by atoms with Gasteiger partial charge in [0.1, 0.15) is 0 Å². The molecule has 4 aromatic rings. The number of rotatable bonds is 4. The van der Waals surface area contributed by atoms with Crippen LogP contribution in [-0.4, -0.2) is 30.1 Å². The number of benzene rings is 1. The van der Waals surface area contributed by atoms with Crippen molar-refractivity contribution in [2.24, 2.45) is 0 Å². The highest BCUT2D eigenvalue weighted by Gasteiger charge is 2.12. The number of hydrogen-bond acceptors (Lipinski definition) is 6. The lowest BCUT2D eigenvalue weighted by Crippen LogP contribution is -2.03. The Hall–Kier alpha value is -3.32. The van der Waals surface area contributed by atoms with E-state index in [1.807, 2.05) is 49.4 Å². The van der Waals surface area contributed by atoms with Gasteiger partial charge in [0.05, 0.1) is 0 Å². The Morgan fingerprint density at radius 2 is 1.69 bits per heavy atom. The molecule has 4 rings (SSSR count). The third-order valence-electron chi connectivity index (χ3n) is 3.60. The van der Waals surface area contributed by atoms with E-state index in [1.165, 1.54) is 0 Å². The molecule has 7 nitrogen and oxygen atoms in total. The molecule has 0 radical (unpaired) electrons. The highest BCUT2D eigenvalue weighted by atomic mass is 35.5. The smallest absolute Gasteiger partial charge is 0.232 e. The van der Waals surface area contributed by atoms with E-state index in [0.717, 1.165) is 16.8 Å². The highest BCUT2D eigenvalue weighted by Crippen LogP contribution is 2.24. The van der Waals surface area contributed by atoms with Crippen molar-refractivity contribution in [1.29, 1.82) is 0 Å². The maximum Gasteiger partial charge on any atom is 0.232 e. The van der Waals surface area contributed by atoms with Crippen molar-refractivity contribution in [2.75, 3.05) is 5.32 Å². The van der Waals surface area contributed by atoms with E-state index in [-0.39, 0.29) is 0 Å². The van der Waals surface area contributed by atoms with Crippen LogP contribution in [0.3, 0.4) is 0 Å². The third-order valence-corrected chi connectivity index (χ3v) is 3.84. The number of aryl methyl sites for hydroxylation is 1.